The lowest BCUT2D eigenvalue weighted by Crippen LogP contribution is -2.43. The third kappa shape index (κ3) is 3.51. The van der Waals surface area contributed by atoms with Gasteiger partial charge >= 0.3 is 6.09 Å². The fraction of sp³-hybridized carbons (Fsp3) is 0.409. The number of amides is 1. The summed E-state index contributed by atoms with van der Waals surface area (Å²) in [5, 5.41) is 13.9. The zero-order valence-electron chi connectivity index (χ0n) is 18.3. The molecule has 0 saturated carbocycles. The number of piperidine rings is 1. The third-order valence-electron chi connectivity index (χ3n) is 5.60. The van der Waals surface area contributed by atoms with Crippen molar-refractivity contribution in [3.8, 4) is 5.69 Å². The second-order valence-electron chi connectivity index (χ2n) is 8.99. The number of benzene rings is 1. The number of aromatic nitrogens is 6. The summed E-state index contributed by atoms with van der Waals surface area (Å²) in [4.78, 5) is 29.1. The molecule has 0 radical (unpaired) electrons. The number of fused-ring (bicyclic) bond motifs is 3. The number of carbonyl (C=O) groups excluding carboxylic acids is 1. The van der Waals surface area contributed by atoms with Gasteiger partial charge in [0.25, 0.3) is 5.56 Å². The summed E-state index contributed by atoms with van der Waals surface area (Å²) >= 11 is 0. The Balaban J connectivity index is 1.57. The Kier molecular flexibility index (Phi) is 4.72. The molecule has 32 heavy (non-hydrogen) atoms. The van der Waals surface area contributed by atoms with Crippen LogP contribution in [0.1, 0.15) is 39.7 Å². The molecule has 1 aliphatic heterocycles. The van der Waals surface area contributed by atoms with Gasteiger partial charge in [0, 0.05) is 24.5 Å². The largest absolute Gasteiger partial charge is 0.444 e. The van der Waals surface area contributed by atoms with Crippen LogP contribution in [0.15, 0.2) is 47.7 Å². The van der Waals surface area contributed by atoms with Crippen LogP contribution in [0.4, 0.5) is 4.79 Å². The minimum absolute atomic E-state index is 0.0979. The lowest BCUT2D eigenvalue weighted by molar-refractivity contribution is 0.0188. The van der Waals surface area contributed by atoms with Gasteiger partial charge in [0.05, 0.1) is 24.1 Å². The molecule has 0 aliphatic carbocycles. The van der Waals surface area contributed by atoms with Crippen molar-refractivity contribution in [2.45, 2.75) is 45.3 Å². The molecule has 166 valence electrons. The molecule has 1 aromatic carbocycles. The van der Waals surface area contributed by atoms with E-state index in [1.807, 2.05) is 45.0 Å². The van der Waals surface area contributed by atoms with Crippen molar-refractivity contribution in [2.75, 3.05) is 13.1 Å². The van der Waals surface area contributed by atoms with Gasteiger partial charge in [0.1, 0.15) is 11.2 Å². The number of hydrogen-bond acceptors (Lipinski definition) is 6. The van der Waals surface area contributed by atoms with Crippen LogP contribution in [-0.4, -0.2) is 58.9 Å². The van der Waals surface area contributed by atoms with Crippen molar-refractivity contribution in [2.24, 2.45) is 0 Å². The van der Waals surface area contributed by atoms with Gasteiger partial charge in [-0.3, -0.25) is 9.36 Å². The summed E-state index contributed by atoms with van der Waals surface area (Å²) in [6.07, 6.45) is 5.68. The monoisotopic (exact) mass is 435 g/mol. The highest BCUT2D eigenvalue weighted by atomic mass is 16.6. The SMILES string of the molecule is CC(C)(C)OC(=O)N1CCC(n2c(=O)c(-n3nccn3)cn3nc4ccccc4c23)CC1. The van der Waals surface area contributed by atoms with E-state index in [2.05, 4.69) is 15.3 Å². The maximum Gasteiger partial charge on any atom is 0.410 e. The van der Waals surface area contributed by atoms with Crippen LogP contribution in [0, 0.1) is 0 Å². The average molecular weight is 435 g/mol. The van der Waals surface area contributed by atoms with Crippen LogP contribution >= 0.6 is 0 Å². The van der Waals surface area contributed by atoms with E-state index in [1.165, 1.54) is 17.2 Å². The van der Waals surface area contributed by atoms with Crippen molar-refractivity contribution in [1.29, 1.82) is 0 Å². The lowest BCUT2D eigenvalue weighted by Gasteiger charge is -2.34. The maximum atomic E-state index is 13.6. The first kappa shape index (κ1) is 20.2. The van der Waals surface area contributed by atoms with E-state index in [9.17, 15) is 9.59 Å². The minimum Gasteiger partial charge on any atom is -0.444 e. The second kappa shape index (κ2) is 7.47. The van der Waals surface area contributed by atoms with Crippen LogP contribution in [0.5, 0.6) is 0 Å². The van der Waals surface area contributed by atoms with Crippen LogP contribution in [-0.2, 0) is 4.74 Å². The predicted octanol–water partition coefficient (Wildman–Crippen LogP) is 2.80. The molecular weight excluding hydrogens is 410 g/mol. The fourth-order valence-electron chi connectivity index (χ4n) is 4.21. The number of hydrogen-bond donors (Lipinski definition) is 0. The molecule has 5 rings (SSSR count). The Labute approximate surface area is 184 Å². The van der Waals surface area contributed by atoms with Gasteiger partial charge in [-0.1, -0.05) is 12.1 Å². The van der Waals surface area contributed by atoms with E-state index in [0.717, 1.165) is 16.6 Å². The number of likely N-dealkylation sites (tertiary alicyclic amines) is 1. The fourth-order valence-corrected chi connectivity index (χ4v) is 4.21. The summed E-state index contributed by atoms with van der Waals surface area (Å²) in [6.45, 7) is 6.58. The molecule has 4 heterocycles. The van der Waals surface area contributed by atoms with E-state index in [4.69, 9.17) is 4.74 Å². The molecule has 0 atom stereocenters. The van der Waals surface area contributed by atoms with Gasteiger partial charge in [-0.25, -0.2) is 9.31 Å². The first-order valence-corrected chi connectivity index (χ1v) is 10.7. The first-order chi connectivity index (χ1) is 15.3. The molecule has 1 amide bonds. The van der Waals surface area contributed by atoms with Gasteiger partial charge in [0.2, 0.25) is 0 Å². The minimum atomic E-state index is -0.543. The maximum absolute atomic E-state index is 13.6. The molecule has 0 spiro atoms. The molecule has 4 aromatic rings. The van der Waals surface area contributed by atoms with Crippen molar-refractivity contribution in [1.82, 2.24) is 34.1 Å². The molecule has 3 aromatic heterocycles. The first-order valence-electron chi connectivity index (χ1n) is 10.7. The van der Waals surface area contributed by atoms with Crippen LogP contribution in [0.3, 0.4) is 0 Å². The summed E-state index contributed by atoms with van der Waals surface area (Å²) in [5.74, 6) is 0. The Hall–Kier alpha value is -3.69. The normalized spacial score (nSPS) is 15.5. The average Bonchev–Trinajstić information content (AvgIpc) is 3.40. The van der Waals surface area contributed by atoms with Crippen LogP contribution in [0.25, 0.3) is 22.2 Å². The molecule has 1 fully saturated rings. The van der Waals surface area contributed by atoms with E-state index in [-0.39, 0.29) is 17.7 Å². The molecule has 0 unspecified atom stereocenters. The van der Waals surface area contributed by atoms with Gasteiger partial charge < -0.3 is 9.64 Å². The summed E-state index contributed by atoms with van der Waals surface area (Å²) in [7, 11) is 0. The van der Waals surface area contributed by atoms with Crippen LogP contribution in [0.2, 0.25) is 0 Å². The van der Waals surface area contributed by atoms with Crippen molar-refractivity contribution >= 4 is 22.6 Å². The molecule has 10 heteroatoms. The van der Waals surface area contributed by atoms with E-state index in [1.54, 1.807) is 20.2 Å². The van der Waals surface area contributed by atoms with E-state index < -0.39 is 5.60 Å². The zero-order valence-corrected chi connectivity index (χ0v) is 18.3. The summed E-state index contributed by atoms with van der Waals surface area (Å²) < 4.78 is 9.03. The van der Waals surface area contributed by atoms with Gasteiger partial charge in [-0.15, -0.1) is 4.80 Å². The van der Waals surface area contributed by atoms with E-state index in [0.29, 0.717) is 31.6 Å². The highest BCUT2D eigenvalue weighted by Crippen LogP contribution is 2.28. The Morgan fingerprint density at radius 3 is 2.47 bits per heavy atom. The second-order valence-corrected chi connectivity index (χ2v) is 8.99. The Morgan fingerprint density at radius 1 is 1.09 bits per heavy atom. The van der Waals surface area contributed by atoms with Crippen molar-refractivity contribution in [3.63, 3.8) is 0 Å². The number of carbonyl (C=O) groups is 1. The highest BCUT2D eigenvalue weighted by Gasteiger charge is 2.30. The molecule has 1 saturated heterocycles. The van der Waals surface area contributed by atoms with Gasteiger partial charge in [-0.05, 0) is 45.7 Å². The summed E-state index contributed by atoms with van der Waals surface area (Å²) in [5.41, 5.74) is 1.13. The molecule has 0 N–H and O–H groups in total. The van der Waals surface area contributed by atoms with E-state index >= 15 is 0 Å². The predicted molar refractivity (Wildman–Crippen MR) is 118 cm³/mol. The van der Waals surface area contributed by atoms with Crippen molar-refractivity contribution in [3.05, 3.63) is 53.2 Å². The molecule has 10 nitrogen and oxygen atoms in total. The quantitative estimate of drug-likeness (QED) is 0.480. The third-order valence-corrected chi connectivity index (χ3v) is 5.60. The molecule has 0 bridgehead atoms. The van der Waals surface area contributed by atoms with Gasteiger partial charge in [-0.2, -0.15) is 15.3 Å². The smallest absolute Gasteiger partial charge is 0.410 e. The number of nitrogens with zero attached hydrogens (tertiary/aromatic N) is 7. The highest BCUT2D eigenvalue weighted by molar-refractivity contribution is 5.92. The number of ether oxygens (including phenoxy) is 1. The molecular formula is C22H25N7O3. The molecule has 1 aliphatic rings. The number of rotatable bonds is 2. The summed E-state index contributed by atoms with van der Waals surface area (Å²) in [6, 6.07) is 7.65. The topological polar surface area (TPSA) is 99.5 Å². The van der Waals surface area contributed by atoms with Crippen LogP contribution < -0.4 is 5.56 Å². The standard InChI is InChI=1S/C22H25N7O3/c1-22(2,3)32-21(31)26-12-8-15(9-13-26)28-19-16-6-4-5-7-17(16)25-27(19)14-18(20(28)30)29-23-10-11-24-29/h4-7,10-11,14-15H,8-9,12-13H2,1-3H3. The Morgan fingerprint density at radius 2 is 1.78 bits per heavy atom. The Bertz CT molecular complexity index is 1340. The van der Waals surface area contributed by atoms with Crippen molar-refractivity contribution < 1.29 is 9.53 Å². The lowest BCUT2D eigenvalue weighted by atomic mass is 10.0. The zero-order chi connectivity index (χ0) is 22.5. The van der Waals surface area contributed by atoms with Gasteiger partial charge in [0.15, 0.2) is 5.69 Å².